The predicted molar refractivity (Wildman–Crippen MR) is 166 cm³/mol. The number of carbonyl (C=O) groups is 5. The summed E-state index contributed by atoms with van der Waals surface area (Å²) in [5, 5.41) is 9.35. The van der Waals surface area contributed by atoms with Gasteiger partial charge in [0.1, 0.15) is 27.4 Å². The molecule has 12 nitrogen and oxygen atoms in total. The molecular weight excluding hydrogens is 594 g/mol. The van der Waals surface area contributed by atoms with Gasteiger partial charge in [-0.3, -0.25) is 39.2 Å². The van der Waals surface area contributed by atoms with E-state index in [0.717, 1.165) is 45.1 Å². The summed E-state index contributed by atoms with van der Waals surface area (Å²) in [5.41, 5.74) is 2.66. The second-order valence-corrected chi connectivity index (χ2v) is 11.9. The van der Waals surface area contributed by atoms with Crippen molar-refractivity contribution >= 4 is 56.9 Å². The Balaban J connectivity index is 0.978. The number of carbonyl (C=O) groups excluding carboxylic acids is 5. The van der Waals surface area contributed by atoms with Gasteiger partial charge in [-0.2, -0.15) is 0 Å². The number of fused-ring (bicyclic) bond motifs is 2. The zero-order valence-electron chi connectivity index (χ0n) is 24.3. The van der Waals surface area contributed by atoms with Gasteiger partial charge in [-0.25, -0.2) is 9.97 Å². The van der Waals surface area contributed by atoms with Crippen LogP contribution in [-0.2, 0) is 14.4 Å². The summed E-state index contributed by atoms with van der Waals surface area (Å²) in [6.45, 7) is 0.567. The maximum absolute atomic E-state index is 13.2. The Labute approximate surface area is 262 Å². The lowest BCUT2D eigenvalue weighted by atomic mass is 10.0. The minimum absolute atomic E-state index is 0.0715. The summed E-state index contributed by atoms with van der Waals surface area (Å²) < 4.78 is 0. The Morgan fingerprint density at radius 3 is 2.64 bits per heavy atom. The molecule has 3 aromatic heterocycles. The van der Waals surface area contributed by atoms with Gasteiger partial charge in [0.15, 0.2) is 0 Å². The number of thiazole rings is 1. The first kappa shape index (κ1) is 30.0. The van der Waals surface area contributed by atoms with Crippen molar-refractivity contribution in [1.82, 2.24) is 30.5 Å². The van der Waals surface area contributed by atoms with Crippen molar-refractivity contribution < 1.29 is 24.0 Å². The Morgan fingerprint density at radius 2 is 1.84 bits per heavy atom. The quantitative estimate of drug-likeness (QED) is 0.157. The molecule has 2 aliphatic heterocycles. The SMILES string of the molecule is O=C1CCC(N2C(=O)c3cccc(NCCCCCCC(=O)NC(c4cccnc4)c4nc5cccnc5s4)c3C2=O)C(=O)N1. The van der Waals surface area contributed by atoms with E-state index in [1.54, 1.807) is 36.8 Å². The van der Waals surface area contributed by atoms with Crippen LogP contribution in [0.1, 0.15) is 82.3 Å². The van der Waals surface area contributed by atoms with Gasteiger partial charge in [-0.1, -0.05) is 36.3 Å². The van der Waals surface area contributed by atoms with Crippen molar-refractivity contribution in [3.63, 3.8) is 0 Å². The fourth-order valence-electron chi connectivity index (χ4n) is 5.63. The minimum atomic E-state index is -1.00. The van der Waals surface area contributed by atoms with Crippen molar-refractivity contribution in [3.05, 3.63) is 82.8 Å². The summed E-state index contributed by atoms with van der Waals surface area (Å²) >= 11 is 1.45. The van der Waals surface area contributed by atoms with Gasteiger partial charge in [0.25, 0.3) is 11.8 Å². The first-order valence-corrected chi connectivity index (χ1v) is 15.7. The molecule has 5 amide bonds. The highest BCUT2D eigenvalue weighted by Crippen LogP contribution is 2.33. The molecule has 0 radical (unpaired) electrons. The predicted octanol–water partition coefficient (Wildman–Crippen LogP) is 3.76. The number of unbranched alkanes of at least 4 members (excludes halogenated alkanes) is 3. The molecule has 1 saturated heterocycles. The van der Waals surface area contributed by atoms with E-state index in [-0.39, 0.29) is 29.9 Å². The first-order chi connectivity index (χ1) is 21.9. The molecule has 45 heavy (non-hydrogen) atoms. The molecular formula is C32H31N7O5S. The molecule has 2 aliphatic rings. The van der Waals surface area contributed by atoms with Crippen molar-refractivity contribution in [2.75, 3.05) is 11.9 Å². The van der Waals surface area contributed by atoms with Crippen molar-refractivity contribution in [3.8, 4) is 0 Å². The average Bonchev–Trinajstić information content (AvgIpc) is 3.58. The smallest absolute Gasteiger partial charge is 0.264 e. The van der Waals surface area contributed by atoms with Crippen LogP contribution >= 0.6 is 11.3 Å². The van der Waals surface area contributed by atoms with E-state index in [9.17, 15) is 24.0 Å². The highest BCUT2D eigenvalue weighted by molar-refractivity contribution is 7.18. The number of rotatable bonds is 12. The zero-order valence-corrected chi connectivity index (χ0v) is 25.1. The molecule has 5 heterocycles. The average molecular weight is 626 g/mol. The van der Waals surface area contributed by atoms with Crippen LogP contribution in [0.5, 0.6) is 0 Å². The van der Waals surface area contributed by atoms with Crippen LogP contribution in [0, 0.1) is 0 Å². The maximum atomic E-state index is 13.2. The van der Waals surface area contributed by atoms with E-state index < -0.39 is 35.7 Å². The van der Waals surface area contributed by atoms with Gasteiger partial charge in [0.2, 0.25) is 17.7 Å². The third-order valence-corrected chi connectivity index (χ3v) is 8.91. The number of pyridine rings is 2. The molecule has 230 valence electrons. The second-order valence-electron chi connectivity index (χ2n) is 10.9. The van der Waals surface area contributed by atoms with Crippen LogP contribution in [0.4, 0.5) is 5.69 Å². The van der Waals surface area contributed by atoms with Gasteiger partial charge in [-0.05, 0) is 55.2 Å². The van der Waals surface area contributed by atoms with Crippen LogP contribution in [0.15, 0.2) is 61.1 Å². The van der Waals surface area contributed by atoms with E-state index >= 15 is 0 Å². The molecule has 2 atom stereocenters. The first-order valence-electron chi connectivity index (χ1n) is 14.9. The molecule has 0 spiro atoms. The summed E-state index contributed by atoms with van der Waals surface area (Å²) in [5.74, 6) is -2.18. The molecule has 1 aromatic carbocycles. The molecule has 1 fully saturated rings. The zero-order chi connectivity index (χ0) is 31.3. The summed E-state index contributed by atoms with van der Waals surface area (Å²) in [4.78, 5) is 78.2. The molecule has 0 aliphatic carbocycles. The minimum Gasteiger partial charge on any atom is -0.384 e. The molecule has 0 bridgehead atoms. The molecule has 2 unspecified atom stereocenters. The number of nitrogens with zero attached hydrogens (tertiary/aromatic N) is 4. The van der Waals surface area contributed by atoms with Crippen molar-refractivity contribution in [2.24, 2.45) is 0 Å². The Kier molecular flexibility index (Phi) is 8.87. The topological polar surface area (TPSA) is 163 Å². The number of piperidine rings is 1. The second kappa shape index (κ2) is 13.3. The fourth-order valence-corrected chi connectivity index (χ4v) is 6.61. The summed E-state index contributed by atoms with van der Waals surface area (Å²) in [6.07, 6.45) is 8.90. The van der Waals surface area contributed by atoms with E-state index in [4.69, 9.17) is 4.98 Å². The Bertz CT molecular complexity index is 1740. The lowest BCUT2D eigenvalue weighted by Gasteiger charge is -2.27. The third-order valence-electron chi connectivity index (χ3n) is 7.87. The fraction of sp³-hybridized carbons (Fsp3) is 0.312. The van der Waals surface area contributed by atoms with E-state index in [2.05, 4.69) is 25.9 Å². The monoisotopic (exact) mass is 625 g/mol. The highest BCUT2D eigenvalue weighted by Gasteiger charge is 2.45. The number of amides is 5. The lowest BCUT2D eigenvalue weighted by Crippen LogP contribution is -2.54. The van der Waals surface area contributed by atoms with Crippen LogP contribution in [0.25, 0.3) is 10.3 Å². The largest absolute Gasteiger partial charge is 0.384 e. The molecule has 4 aromatic rings. The third kappa shape index (κ3) is 6.43. The van der Waals surface area contributed by atoms with Crippen molar-refractivity contribution in [2.45, 2.75) is 57.0 Å². The number of aromatic nitrogens is 3. The Morgan fingerprint density at radius 1 is 1.00 bits per heavy atom. The summed E-state index contributed by atoms with van der Waals surface area (Å²) in [7, 11) is 0. The number of hydrogen-bond donors (Lipinski definition) is 3. The van der Waals surface area contributed by atoms with Gasteiger partial charge in [0.05, 0.1) is 11.1 Å². The van der Waals surface area contributed by atoms with Crippen LogP contribution in [0.3, 0.4) is 0 Å². The van der Waals surface area contributed by atoms with Gasteiger partial charge in [-0.15, -0.1) is 0 Å². The van der Waals surface area contributed by atoms with Crippen LogP contribution in [0.2, 0.25) is 0 Å². The van der Waals surface area contributed by atoms with Crippen LogP contribution in [-0.4, -0.2) is 62.0 Å². The normalized spacial score (nSPS) is 16.9. The highest BCUT2D eigenvalue weighted by atomic mass is 32.1. The van der Waals surface area contributed by atoms with Gasteiger partial charge in [0, 0.05) is 43.7 Å². The van der Waals surface area contributed by atoms with E-state index in [1.807, 2.05) is 24.3 Å². The molecule has 3 N–H and O–H groups in total. The lowest BCUT2D eigenvalue weighted by molar-refractivity contribution is -0.136. The van der Waals surface area contributed by atoms with Crippen molar-refractivity contribution in [1.29, 1.82) is 0 Å². The van der Waals surface area contributed by atoms with Crippen LogP contribution < -0.4 is 16.0 Å². The number of imide groups is 2. The standard InChI is InChI=1S/C32H31N7O5S/c40-24(37-27(19-8-6-15-33-18-19)30-36-22-11-7-17-35-29(22)45-30)12-3-1-2-4-16-34-21-10-5-9-20-26(21)32(44)39(31(20)43)23-13-14-25(41)38-28(23)42/h5-11,15,17-18,23,27,34H,1-4,12-14,16H2,(H,37,40)(H,38,41,42). The number of anilines is 1. The van der Waals surface area contributed by atoms with Gasteiger partial charge < -0.3 is 10.6 Å². The number of benzene rings is 1. The van der Waals surface area contributed by atoms with Gasteiger partial charge >= 0.3 is 0 Å². The Hall–Kier alpha value is -5.04. The summed E-state index contributed by atoms with van der Waals surface area (Å²) in [6, 6.07) is 11.1. The maximum Gasteiger partial charge on any atom is 0.264 e. The van der Waals surface area contributed by atoms with E-state index in [1.165, 1.54) is 11.3 Å². The van der Waals surface area contributed by atoms with E-state index in [0.29, 0.717) is 25.1 Å². The molecule has 13 heteroatoms. The molecule has 0 saturated carbocycles. The number of nitrogens with one attached hydrogen (secondary N) is 3. The molecule has 6 rings (SSSR count). The number of hydrogen-bond acceptors (Lipinski definition) is 10.